The lowest BCUT2D eigenvalue weighted by Gasteiger charge is -2.26. The maximum Gasteiger partial charge on any atom is 0.339 e. The highest BCUT2D eigenvalue weighted by atomic mass is 16.5. The highest BCUT2D eigenvalue weighted by Gasteiger charge is 2.26. The number of hydrogen-bond acceptors (Lipinski definition) is 4. The van der Waals surface area contributed by atoms with E-state index in [9.17, 15) is 9.59 Å². The molecule has 0 saturated carbocycles. The topological polar surface area (TPSA) is 88.8 Å². The minimum Gasteiger partial charge on any atom is -0.478 e. The molecule has 0 spiro atoms. The summed E-state index contributed by atoms with van der Waals surface area (Å²) in [5, 5.41) is 11.8. The molecule has 0 radical (unpaired) electrons. The van der Waals surface area contributed by atoms with Crippen LogP contribution in [0, 0.1) is 18.8 Å². The van der Waals surface area contributed by atoms with Crippen molar-refractivity contribution >= 4 is 11.9 Å². The second-order valence-electron chi connectivity index (χ2n) is 5.44. The van der Waals surface area contributed by atoms with E-state index in [0.29, 0.717) is 30.7 Å². The fraction of sp³-hybridized carbons (Fsp3) is 0.600. The van der Waals surface area contributed by atoms with E-state index >= 15 is 0 Å². The molecule has 1 unspecified atom stereocenters. The lowest BCUT2D eigenvalue weighted by atomic mass is 9.87. The summed E-state index contributed by atoms with van der Waals surface area (Å²) in [7, 11) is 0. The van der Waals surface area contributed by atoms with Crippen molar-refractivity contribution in [1.82, 2.24) is 5.32 Å². The molecule has 1 aromatic rings. The zero-order chi connectivity index (χ0) is 15.4. The van der Waals surface area contributed by atoms with Crippen LogP contribution in [0.3, 0.4) is 0 Å². The van der Waals surface area contributed by atoms with E-state index < -0.39 is 5.97 Å². The van der Waals surface area contributed by atoms with Gasteiger partial charge < -0.3 is 19.6 Å². The molecule has 6 heteroatoms. The molecule has 1 aliphatic rings. The second-order valence-corrected chi connectivity index (χ2v) is 5.44. The highest BCUT2D eigenvalue weighted by molar-refractivity contribution is 5.88. The van der Waals surface area contributed by atoms with Crippen LogP contribution in [0.15, 0.2) is 10.5 Å². The maximum absolute atomic E-state index is 12.1. The Morgan fingerprint density at radius 3 is 2.67 bits per heavy atom. The van der Waals surface area contributed by atoms with Crippen LogP contribution in [-0.2, 0) is 16.1 Å². The van der Waals surface area contributed by atoms with Gasteiger partial charge in [-0.05, 0) is 31.7 Å². The van der Waals surface area contributed by atoms with Gasteiger partial charge in [-0.2, -0.15) is 0 Å². The molecule has 1 atom stereocenters. The molecular weight excluding hydrogens is 274 g/mol. The van der Waals surface area contributed by atoms with E-state index in [0.717, 1.165) is 12.8 Å². The van der Waals surface area contributed by atoms with E-state index in [-0.39, 0.29) is 23.9 Å². The Kier molecular flexibility index (Phi) is 5.01. The summed E-state index contributed by atoms with van der Waals surface area (Å²) >= 11 is 0. The third-order valence-electron chi connectivity index (χ3n) is 4.02. The van der Waals surface area contributed by atoms with Crippen LogP contribution in [0.1, 0.15) is 41.6 Å². The van der Waals surface area contributed by atoms with Gasteiger partial charge in [0.05, 0.1) is 6.54 Å². The Morgan fingerprint density at radius 1 is 1.43 bits per heavy atom. The van der Waals surface area contributed by atoms with Gasteiger partial charge in [0.1, 0.15) is 17.1 Å². The SMILES string of the molecule is Cc1oc(CNC(=O)C(C)C2CCOCC2)cc1C(=O)O. The largest absolute Gasteiger partial charge is 0.478 e. The van der Waals surface area contributed by atoms with Crippen LogP contribution in [0.25, 0.3) is 0 Å². The molecule has 0 aliphatic carbocycles. The standard InChI is InChI=1S/C15H21NO5/c1-9(11-3-5-20-6-4-11)14(17)16-8-12-7-13(15(18)19)10(2)21-12/h7,9,11H,3-6,8H2,1-2H3,(H,16,17)(H,18,19). The lowest BCUT2D eigenvalue weighted by Crippen LogP contribution is -2.35. The van der Waals surface area contributed by atoms with Gasteiger partial charge in [0, 0.05) is 19.1 Å². The summed E-state index contributed by atoms with van der Waals surface area (Å²) < 4.78 is 10.6. The number of nitrogens with one attached hydrogen (secondary N) is 1. The van der Waals surface area contributed by atoms with Crippen molar-refractivity contribution in [2.24, 2.45) is 11.8 Å². The molecule has 116 valence electrons. The van der Waals surface area contributed by atoms with E-state index in [1.807, 2.05) is 6.92 Å². The van der Waals surface area contributed by atoms with Gasteiger partial charge in [0.25, 0.3) is 0 Å². The minimum absolute atomic E-state index is 0.0344. The van der Waals surface area contributed by atoms with Crippen molar-refractivity contribution < 1.29 is 23.8 Å². The summed E-state index contributed by atoms with van der Waals surface area (Å²) in [6.07, 6.45) is 1.80. The molecular formula is C15H21NO5. The summed E-state index contributed by atoms with van der Waals surface area (Å²) in [6.45, 7) is 5.14. The monoisotopic (exact) mass is 295 g/mol. The van der Waals surface area contributed by atoms with E-state index in [4.69, 9.17) is 14.3 Å². The number of carbonyl (C=O) groups is 2. The number of carboxylic acid groups (broad SMARTS) is 1. The molecule has 1 amide bonds. The van der Waals surface area contributed by atoms with Crippen LogP contribution in [-0.4, -0.2) is 30.2 Å². The molecule has 2 N–H and O–H groups in total. The number of aromatic carboxylic acids is 1. The third-order valence-corrected chi connectivity index (χ3v) is 4.02. The number of amides is 1. The summed E-state index contributed by atoms with van der Waals surface area (Å²) in [5.74, 6) is 0.00875. The molecule has 6 nitrogen and oxygen atoms in total. The molecule has 1 aliphatic heterocycles. The molecule has 21 heavy (non-hydrogen) atoms. The number of carboxylic acids is 1. The summed E-state index contributed by atoms with van der Waals surface area (Å²) in [5.41, 5.74) is 0.136. The predicted octanol–water partition coefficient (Wildman–Crippen LogP) is 1.97. The Bertz CT molecular complexity index is 516. The van der Waals surface area contributed by atoms with Crippen LogP contribution in [0.5, 0.6) is 0 Å². The van der Waals surface area contributed by atoms with Gasteiger partial charge in [0.2, 0.25) is 5.91 Å². The number of ether oxygens (including phenoxy) is 1. The van der Waals surface area contributed by atoms with Crippen LogP contribution in [0.4, 0.5) is 0 Å². The molecule has 1 aromatic heterocycles. The number of carbonyl (C=O) groups excluding carboxylic acids is 1. The Morgan fingerprint density at radius 2 is 2.10 bits per heavy atom. The minimum atomic E-state index is -1.02. The first-order chi connectivity index (χ1) is 9.99. The third kappa shape index (κ3) is 3.85. The van der Waals surface area contributed by atoms with Crippen molar-refractivity contribution in [3.8, 4) is 0 Å². The molecule has 1 saturated heterocycles. The van der Waals surface area contributed by atoms with Gasteiger partial charge >= 0.3 is 5.97 Å². The van der Waals surface area contributed by atoms with Gasteiger partial charge in [-0.15, -0.1) is 0 Å². The van der Waals surface area contributed by atoms with Crippen molar-refractivity contribution in [3.05, 3.63) is 23.2 Å². The Labute approximate surface area is 123 Å². The molecule has 0 bridgehead atoms. The number of rotatable bonds is 5. The zero-order valence-electron chi connectivity index (χ0n) is 12.3. The number of hydrogen-bond donors (Lipinski definition) is 2. The van der Waals surface area contributed by atoms with Gasteiger partial charge in [0.15, 0.2) is 0 Å². The second kappa shape index (κ2) is 6.76. The smallest absolute Gasteiger partial charge is 0.339 e. The first-order valence-corrected chi connectivity index (χ1v) is 7.17. The fourth-order valence-electron chi connectivity index (χ4n) is 2.61. The Hall–Kier alpha value is -1.82. The average Bonchev–Trinajstić information content (AvgIpc) is 2.86. The average molecular weight is 295 g/mol. The fourth-order valence-corrected chi connectivity index (χ4v) is 2.61. The quantitative estimate of drug-likeness (QED) is 0.867. The van der Waals surface area contributed by atoms with Gasteiger partial charge in [-0.25, -0.2) is 4.79 Å². The molecule has 2 heterocycles. The van der Waals surface area contributed by atoms with Crippen LogP contribution in [0.2, 0.25) is 0 Å². The molecule has 1 fully saturated rings. The summed E-state index contributed by atoms with van der Waals surface area (Å²) in [6, 6.07) is 1.46. The van der Waals surface area contributed by atoms with Crippen molar-refractivity contribution in [2.75, 3.05) is 13.2 Å². The Balaban J connectivity index is 1.88. The van der Waals surface area contributed by atoms with Gasteiger partial charge in [-0.1, -0.05) is 6.92 Å². The van der Waals surface area contributed by atoms with Gasteiger partial charge in [-0.3, -0.25) is 4.79 Å². The predicted molar refractivity (Wildman–Crippen MR) is 75.0 cm³/mol. The molecule has 2 rings (SSSR count). The normalized spacial score (nSPS) is 17.4. The number of furan rings is 1. The maximum atomic E-state index is 12.1. The lowest BCUT2D eigenvalue weighted by molar-refractivity contribution is -0.127. The first kappa shape index (κ1) is 15.6. The van der Waals surface area contributed by atoms with Crippen LogP contribution < -0.4 is 5.32 Å². The van der Waals surface area contributed by atoms with E-state index in [1.54, 1.807) is 6.92 Å². The summed E-state index contributed by atoms with van der Waals surface area (Å²) in [4.78, 5) is 23.1. The van der Waals surface area contributed by atoms with E-state index in [1.165, 1.54) is 6.07 Å². The van der Waals surface area contributed by atoms with E-state index in [2.05, 4.69) is 5.32 Å². The number of aryl methyl sites for hydroxylation is 1. The molecule has 0 aromatic carbocycles. The van der Waals surface area contributed by atoms with Crippen molar-refractivity contribution in [3.63, 3.8) is 0 Å². The van der Waals surface area contributed by atoms with Crippen LogP contribution >= 0.6 is 0 Å². The van der Waals surface area contributed by atoms with Crippen molar-refractivity contribution in [2.45, 2.75) is 33.2 Å². The zero-order valence-corrected chi connectivity index (χ0v) is 12.3. The van der Waals surface area contributed by atoms with Crippen molar-refractivity contribution in [1.29, 1.82) is 0 Å². The first-order valence-electron chi connectivity index (χ1n) is 7.17. The highest BCUT2D eigenvalue weighted by Crippen LogP contribution is 2.23.